The van der Waals surface area contributed by atoms with Crippen molar-refractivity contribution in [3.05, 3.63) is 89.1 Å². The van der Waals surface area contributed by atoms with Gasteiger partial charge in [0.25, 0.3) is 0 Å². The number of hydrogen-bond donors (Lipinski definition) is 2. The SMILES string of the molecule is C=Cc1cccc(-n2c(=O)n(C)c3cnc4ccc(-c5ccc(NC(=O)NC)nc5)cc4c32)c1C. The minimum absolute atomic E-state index is 0.143. The van der Waals surface area contributed by atoms with E-state index in [4.69, 9.17) is 0 Å². The van der Waals surface area contributed by atoms with Crippen LogP contribution in [0.1, 0.15) is 11.1 Å². The second-order valence-electron chi connectivity index (χ2n) is 8.23. The van der Waals surface area contributed by atoms with E-state index < -0.39 is 0 Å². The maximum atomic E-state index is 13.4. The molecule has 5 rings (SSSR count). The fourth-order valence-electron chi connectivity index (χ4n) is 4.32. The molecule has 0 aliphatic rings. The first kappa shape index (κ1) is 22.1. The maximum Gasteiger partial charge on any atom is 0.333 e. The topological polar surface area (TPSA) is 93.8 Å². The number of imidazole rings is 1. The second kappa shape index (κ2) is 8.57. The lowest BCUT2D eigenvalue weighted by molar-refractivity contribution is 0.254. The van der Waals surface area contributed by atoms with E-state index in [1.54, 1.807) is 47.8 Å². The highest BCUT2D eigenvalue weighted by Gasteiger charge is 2.18. The molecule has 0 aliphatic heterocycles. The molecule has 5 aromatic rings. The van der Waals surface area contributed by atoms with Gasteiger partial charge in [0.05, 0.1) is 28.4 Å². The van der Waals surface area contributed by atoms with Gasteiger partial charge in [-0.1, -0.05) is 30.9 Å². The summed E-state index contributed by atoms with van der Waals surface area (Å²) in [6.45, 7) is 5.90. The van der Waals surface area contributed by atoms with Crippen molar-refractivity contribution in [1.82, 2.24) is 24.4 Å². The molecule has 0 unspecified atom stereocenters. The normalized spacial score (nSPS) is 11.1. The summed E-state index contributed by atoms with van der Waals surface area (Å²) in [6.07, 6.45) is 5.24. The Bertz CT molecular complexity index is 1680. The monoisotopic (exact) mass is 464 g/mol. The van der Waals surface area contributed by atoms with E-state index in [1.165, 1.54) is 0 Å². The molecule has 3 aromatic heterocycles. The molecule has 2 amide bonds. The van der Waals surface area contributed by atoms with Gasteiger partial charge in [-0.25, -0.2) is 14.6 Å². The number of carbonyl (C=O) groups excluding carboxylic acids is 1. The first-order valence-electron chi connectivity index (χ1n) is 11.1. The number of nitrogens with one attached hydrogen (secondary N) is 2. The quantitative estimate of drug-likeness (QED) is 0.405. The van der Waals surface area contributed by atoms with Crippen molar-refractivity contribution < 1.29 is 4.79 Å². The van der Waals surface area contributed by atoms with Crippen LogP contribution in [-0.4, -0.2) is 32.2 Å². The number of fused-ring (bicyclic) bond motifs is 3. The van der Waals surface area contributed by atoms with Gasteiger partial charge in [0.2, 0.25) is 0 Å². The summed E-state index contributed by atoms with van der Waals surface area (Å²) in [6, 6.07) is 15.1. The van der Waals surface area contributed by atoms with Crippen molar-refractivity contribution in [3.8, 4) is 16.8 Å². The van der Waals surface area contributed by atoms with Crippen LogP contribution >= 0.6 is 0 Å². The highest BCUT2D eigenvalue weighted by atomic mass is 16.2. The summed E-state index contributed by atoms with van der Waals surface area (Å²) in [5.41, 5.74) is 6.72. The molecule has 0 aliphatic carbocycles. The molecule has 35 heavy (non-hydrogen) atoms. The van der Waals surface area contributed by atoms with E-state index in [1.807, 2.05) is 49.4 Å². The fourth-order valence-corrected chi connectivity index (χ4v) is 4.32. The second-order valence-corrected chi connectivity index (χ2v) is 8.23. The van der Waals surface area contributed by atoms with Gasteiger partial charge in [-0.2, -0.15) is 0 Å². The van der Waals surface area contributed by atoms with Gasteiger partial charge in [0, 0.05) is 31.2 Å². The lowest BCUT2D eigenvalue weighted by Gasteiger charge is -2.12. The number of benzene rings is 2. The molecule has 2 N–H and O–H groups in total. The molecule has 0 saturated heterocycles. The van der Waals surface area contributed by atoms with Crippen LogP contribution in [0, 0.1) is 6.92 Å². The Kier molecular flexibility index (Phi) is 5.41. The Hall–Kier alpha value is -4.72. The van der Waals surface area contributed by atoms with Gasteiger partial charge in [-0.05, 0) is 53.9 Å². The zero-order valence-electron chi connectivity index (χ0n) is 19.7. The largest absolute Gasteiger partial charge is 0.341 e. The number of carbonyl (C=O) groups is 1. The Labute approximate surface area is 201 Å². The third-order valence-corrected chi connectivity index (χ3v) is 6.26. The molecule has 0 radical (unpaired) electrons. The van der Waals surface area contributed by atoms with Gasteiger partial charge in [0.15, 0.2) is 0 Å². The molecule has 8 nitrogen and oxygen atoms in total. The first-order chi connectivity index (χ1) is 16.9. The molecule has 0 spiro atoms. The Morgan fingerprint density at radius 1 is 1.06 bits per heavy atom. The molecule has 0 saturated carbocycles. The summed E-state index contributed by atoms with van der Waals surface area (Å²) < 4.78 is 3.37. The van der Waals surface area contributed by atoms with E-state index in [0.29, 0.717) is 5.82 Å². The summed E-state index contributed by atoms with van der Waals surface area (Å²) in [4.78, 5) is 33.9. The van der Waals surface area contributed by atoms with Gasteiger partial charge < -0.3 is 5.32 Å². The van der Waals surface area contributed by atoms with Crippen LogP contribution in [0.3, 0.4) is 0 Å². The van der Waals surface area contributed by atoms with E-state index in [-0.39, 0.29) is 11.7 Å². The molecule has 2 aromatic carbocycles. The lowest BCUT2D eigenvalue weighted by Crippen LogP contribution is -2.24. The van der Waals surface area contributed by atoms with Crippen LogP contribution in [0.5, 0.6) is 0 Å². The molecule has 3 heterocycles. The average Bonchev–Trinajstić information content (AvgIpc) is 3.14. The van der Waals surface area contributed by atoms with Crippen molar-refractivity contribution in [2.24, 2.45) is 7.05 Å². The van der Waals surface area contributed by atoms with E-state index in [2.05, 4.69) is 27.2 Å². The minimum Gasteiger partial charge on any atom is -0.341 e. The molecule has 0 fully saturated rings. The van der Waals surface area contributed by atoms with Gasteiger partial charge in [0.1, 0.15) is 5.82 Å². The number of pyridine rings is 2. The van der Waals surface area contributed by atoms with Crippen LogP contribution in [0.15, 0.2) is 72.3 Å². The molecule has 0 bridgehead atoms. The smallest absolute Gasteiger partial charge is 0.333 e. The molecule has 0 atom stereocenters. The number of nitrogens with zero attached hydrogens (tertiary/aromatic N) is 4. The fraction of sp³-hybridized carbons (Fsp3) is 0.111. The predicted octanol–water partition coefficient (Wildman–Crippen LogP) is 4.64. The van der Waals surface area contributed by atoms with Crippen LogP contribution in [0.25, 0.3) is 44.8 Å². The van der Waals surface area contributed by atoms with Crippen molar-refractivity contribution in [2.45, 2.75) is 6.92 Å². The van der Waals surface area contributed by atoms with Crippen molar-refractivity contribution in [1.29, 1.82) is 0 Å². The number of rotatable bonds is 4. The average molecular weight is 465 g/mol. The third kappa shape index (κ3) is 3.65. The molecular formula is C27H24N6O2. The summed E-state index contributed by atoms with van der Waals surface area (Å²) in [5.74, 6) is 0.451. The van der Waals surface area contributed by atoms with Gasteiger partial charge in [-0.15, -0.1) is 0 Å². The highest BCUT2D eigenvalue weighted by Crippen LogP contribution is 2.31. The Balaban J connectivity index is 1.73. The summed E-state index contributed by atoms with van der Waals surface area (Å²) >= 11 is 0. The van der Waals surface area contributed by atoms with Crippen molar-refractivity contribution in [3.63, 3.8) is 0 Å². The molecule has 174 valence electrons. The van der Waals surface area contributed by atoms with Gasteiger partial charge in [-0.3, -0.25) is 19.4 Å². The van der Waals surface area contributed by atoms with Crippen LogP contribution in [0.2, 0.25) is 0 Å². The third-order valence-electron chi connectivity index (χ3n) is 6.26. The van der Waals surface area contributed by atoms with Crippen LogP contribution < -0.4 is 16.3 Å². The van der Waals surface area contributed by atoms with E-state index >= 15 is 0 Å². The highest BCUT2D eigenvalue weighted by molar-refractivity contribution is 6.04. The Morgan fingerprint density at radius 3 is 2.57 bits per heavy atom. The van der Waals surface area contributed by atoms with Crippen LogP contribution in [0.4, 0.5) is 10.6 Å². The maximum absolute atomic E-state index is 13.4. The zero-order chi connectivity index (χ0) is 24.7. The number of anilines is 1. The predicted molar refractivity (Wildman–Crippen MR) is 140 cm³/mol. The van der Waals surface area contributed by atoms with E-state index in [9.17, 15) is 9.59 Å². The summed E-state index contributed by atoms with van der Waals surface area (Å²) in [5, 5.41) is 6.01. The Morgan fingerprint density at radius 2 is 1.86 bits per heavy atom. The summed E-state index contributed by atoms with van der Waals surface area (Å²) in [7, 11) is 3.30. The number of aryl methyl sites for hydroxylation is 1. The number of hydrogen-bond acceptors (Lipinski definition) is 4. The molecule has 8 heteroatoms. The van der Waals surface area contributed by atoms with E-state index in [0.717, 1.165) is 49.9 Å². The zero-order valence-corrected chi connectivity index (χ0v) is 19.7. The minimum atomic E-state index is -0.331. The first-order valence-corrected chi connectivity index (χ1v) is 11.1. The van der Waals surface area contributed by atoms with Crippen LogP contribution in [-0.2, 0) is 7.05 Å². The number of amides is 2. The molecular weight excluding hydrogens is 440 g/mol. The standard InChI is InChI=1S/C27H24N6O2/c1-5-17-7-6-8-22(16(17)2)33-25-20-13-18(19-10-12-24(30-14-19)31-26(34)28-3)9-11-21(20)29-15-23(25)32(4)27(33)35/h5-15H,1H2,2-4H3,(H2,28,30,31,34). The van der Waals surface area contributed by atoms with Crippen molar-refractivity contribution in [2.75, 3.05) is 12.4 Å². The van der Waals surface area contributed by atoms with Crippen molar-refractivity contribution >= 4 is 39.9 Å². The van der Waals surface area contributed by atoms with Gasteiger partial charge >= 0.3 is 11.7 Å². The number of urea groups is 1. The number of aromatic nitrogens is 4. The lowest BCUT2D eigenvalue weighted by atomic mass is 10.0.